The Hall–Kier alpha value is -3.57. The summed E-state index contributed by atoms with van der Waals surface area (Å²) >= 11 is 0. The van der Waals surface area contributed by atoms with Crippen molar-refractivity contribution in [3.63, 3.8) is 0 Å². The highest BCUT2D eigenvalue weighted by Gasteiger charge is 2.48. The van der Waals surface area contributed by atoms with Gasteiger partial charge in [-0.15, -0.1) is 0 Å². The smallest absolute Gasteiger partial charge is 0.431 e. The van der Waals surface area contributed by atoms with Crippen LogP contribution in [-0.2, 0) is 4.79 Å². The number of ether oxygens (including phenoxy) is 2. The average molecular weight is 542 g/mol. The molecule has 2 aromatic rings. The predicted octanol–water partition coefficient (Wildman–Crippen LogP) is 5.63. The zero-order valence-corrected chi connectivity index (χ0v) is 20.8. The number of alkyl halides is 3. The van der Waals surface area contributed by atoms with Gasteiger partial charge in [-0.2, -0.15) is 18.3 Å². The molecule has 1 saturated heterocycles. The summed E-state index contributed by atoms with van der Waals surface area (Å²) in [5.74, 6) is -3.51. The molecule has 0 radical (unpaired) electrons. The third-order valence-electron chi connectivity index (χ3n) is 6.69. The third kappa shape index (κ3) is 5.94. The lowest BCUT2D eigenvalue weighted by atomic mass is 9.94. The van der Waals surface area contributed by atoms with Gasteiger partial charge in [0.1, 0.15) is 23.3 Å². The molecule has 7 nitrogen and oxygen atoms in total. The highest BCUT2D eigenvalue weighted by molar-refractivity contribution is 5.95. The summed E-state index contributed by atoms with van der Waals surface area (Å²) in [5.41, 5.74) is -0.569. The number of carboxylic acids is 1. The number of rotatable bonds is 8. The molecule has 1 N–H and O–H groups in total. The van der Waals surface area contributed by atoms with Crippen LogP contribution in [0.3, 0.4) is 0 Å². The zero-order valence-electron chi connectivity index (χ0n) is 20.8. The van der Waals surface area contributed by atoms with Crippen molar-refractivity contribution in [3.8, 4) is 11.5 Å². The third-order valence-corrected chi connectivity index (χ3v) is 6.69. The van der Waals surface area contributed by atoms with E-state index in [4.69, 9.17) is 9.47 Å². The van der Waals surface area contributed by atoms with Crippen LogP contribution >= 0.6 is 0 Å². The number of anilines is 2. The number of carbonyl (C=O) groups is 1. The van der Waals surface area contributed by atoms with Crippen LogP contribution in [0.25, 0.3) is 0 Å². The van der Waals surface area contributed by atoms with E-state index in [1.54, 1.807) is 24.0 Å². The molecule has 2 aliphatic rings. The highest BCUT2D eigenvalue weighted by Crippen LogP contribution is 2.37. The molecule has 12 heteroatoms. The minimum atomic E-state index is -4.66. The van der Waals surface area contributed by atoms with Crippen LogP contribution in [0, 0.1) is 17.6 Å². The quantitative estimate of drug-likeness (QED) is 0.437. The van der Waals surface area contributed by atoms with E-state index in [0.29, 0.717) is 44.0 Å². The SMILES string of the molecule is CCOc1cc(F)c(F)c(N2CCC(Oc3ccc(N4N=C(C(F)(F)F)[C@@H](C)[C@@H]4CC(=O)O)cc3)CC2)c1. The van der Waals surface area contributed by atoms with E-state index in [0.717, 1.165) is 11.1 Å². The minimum absolute atomic E-state index is 0.130. The number of nitrogens with zero attached hydrogens (tertiary/aromatic N) is 3. The van der Waals surface area contributed by atoms with E-state index in [1.165, 1.54) is 25.1 Å². The summed E-state index contributed by atoms with van der Waals surface area (Å²) < 4.78 is 79.9. The molecule has 0 spiro atoms. The van der Waals surface area contributed by atoms with E-state index in [1.807, 2.05) is 0 Å². The zero-order chi connectivity index (χ0) is 27.6. The van der Waals surface area contributed by atoms with Gasteiger partial charge in [0.2, 0.25) is 0 Å². The maximum absolute atomic E-state index is 14.4. The van der Waals surface area contributed by atoms with E-state index in [9.17, 15) is 31.9 Å². The molecule has 0 bridgehead atoms. The molecular weight excluding hydrogens is 513 g/mol. The first-order chi connectivity index (χ1) is 18.0. The Kier molecular flexibility index (Phi) is 7.98. The molecule has 38 heavy (non-hydrogen) atoms. The van der Waals surface area contributed by atoms with Gasteiger partial charge in [-0.1, -0.05) is 6.92 Å². The fraction of sp³-hybridized carbons (Fsp3) is 0.462. The summed E-state index contributed by atoms with van der Waals surface area (Å²) in [5, 5.41) is 14.0. The van der Waals surface area contributed by atoms with Gasteiger partial charge < -0.3 is 19.5 Å². The van der Waals surface area contributed by atoms with E-state index < -0.39 is 47.9 Å². The van der Waals surface area contributed by atoms with Crippen molar-refractivity contribution in [2.45, 2.75) is 51.4 Å². The minimum Gasteiger partial charge on any atom is -0.494 e. The molecule has 206 valence electrons. The Balaban J connectivity index is 1.41. The van der Waals surface area contributed by atoms with Crippen molar-refractivity contribution in [1.82, 2.24) is 0 Å². The van der Waals surface area contributed by atoms with Crippen LogP contribution in [0.1, 0.15) is 33.1 Å². The molecule has 0 unspecified atom stereocenters. The second-order valence-electron chi connectivity index (χ2n) is 9.25. The Labute approximate surface area is 216 Å². The molecule has 0 saturated carbocycles. The van der Waals surface area contributed by atoms with E-state index in [-0.39, 0.29) is 17.5 Å². The lowest BCUT2D eigenvalue weighted by Crippen LogP contribution is -2.38. The lowest BCUT2D eigenvalue weighted by Gasteiger charge is -2.34. The molecule has 2 atom stereocenters. The number of hydrogen-bond donors (Lipinski definition) is 1. The normalized spacial score (nSPS) is 20.4. The fourth-order valence-electron chi connectivity index (χ4n) is 4.80. The van der Waals surface area contributed by atoms with Gasteiger partial charge in [0.25, 0.3) is 0 Å². The summed E-state index contributed by atoms with van der Waals surface area (Å²) in [7, 11) is 0. The molecule has 0 aliphatic carbocycles. The molecule has 2 heterocycles. The molecule has 1 fully saturated rings. The van der Waals surface area contributed by atoms with Crippen LogP contribution in [0.5, 0.6) is 11.5 Å². The molecule has 0 amide bonds. The number of aliphatic carboxylic acids is 1. The molecule has 0 aromatic heterocycles. The van der Waals surface area contributed by atoms with Gasteiger partial charge in [-0.25, -0.2) is 8.78 Å². The van der Waals surface area contributed by atoms with Gasteiger partial charge in [0.05, 0.1) is 30.4 Å². The standard InChI is InChI=1S/C26H28F5N3O4/c1-3-37-19-12-20(27)24(28)22(13-19)33-10-8-18(9-11-33)38-17-6-4-16(5-7-17)34-21(14-23(35)36)15(2)25(32-34)26(29,30)31/h4-7,12-13,15,18,21H,3,8-11,14H2,1-2H3,(H,35,36)/t15-,21-/m0/s1. The number of hydrazone groups is 1. The van der Waals surface area contributed by atoms with Crippen LogP contribution in [0.15, 0.2) is 41.5 Å². The second kappa shape index (κ2) is 11.0. The monoisotopic (exact) mass is 541 g/mol. The summed E-state index contributed by atoms with van der Waals surface area (Å²) in [6, 6.07) is 7.76. The van der Waals surface area contributed by atoms with Gasteiger partial charge in [0.15, 0.2) is 11.6 Å². The Bertz CT molecular complexity index is 1180. The summed E-state index contributed by atoms with van der Waals surface area (Å²) in [6.45, 7) is 4.24. The summed E-state index contributed by atoms with van der Waals surface area (Å²) in [6.07, 6.45) is -4.31. The van der Waals surface area contributed by atoms with Crippen molar-refractivity contribution in [1.29, 1.82) is 0 Å². The highest BCUT2D eigenvalue weighted by atomic mass is 19.4. The first kappa shape index (κ1) is 27.5. The van der Waals surface area contributed by atoms with E-state index in [2.05, 4.69) is 5.10 Å². The van der Waals surface area contributed by atoms with Crippen LogP contribution in [0.2, 0.25) is 0 Å². The maximum atomic E-state index is 14.4. The Morgan fingerprint density at radius 2 is 1.76 bits per heavy atom. The largest absolute Gasteiger partial charge is 0.494 e. The summed E-state index contributed by atoms with van der Waals surface area (Å²) in [4.78, 5) is 13.0. The van der Waals surface area contributed by atoms with Crippen LogP contribution < -0.4 is 19.4 Å². The topological polar surface area (TPSA) is 74.6 Å². The van der Waals surface area contributed by atoms with Gasteiger partial charge >= 0.3 is 12.1 Å². The van der Waals surface area contributed by atoms with Gasteiger partial charge in [0, 0.05) is 44.0 Å². The lowest BCUT2D eigenvalue weighted by molar-refractivity contribution is -0.137. The Morgan fingerprint density at radius 1 is 1.11 bits per heavy atom. The van der Waals surface area contributed by atoms with Crippen molar-refractivity contribution >= 4 is 23.1 Å². The number of piperidine rings is 1. The number of hydrogen-bond acceptors (Lipinski definition) is 6. The molecule has 4 rings (SSSR count). The first-order valence-corrected chi connectivity index (χ1v) is 12.3. The van der Waals surface area contributed by atoms with Crippen molar-refractivity contribution in [3.05, 3.63) is 48.0 Å². The van der Waals surface area contributed by atoms with Gasteiger partial charge in [-0.3, -0.25) is 9.80 Å². The fourth-order valence-corrected chi connectivity index (χ4v) is 4.80. The molecule has 2 aliphatic heterocycles. The van der Waals surface area contributed by atoms with E-state index >= 15 is 0 Å². The average Bonchev–Trinajstić information content (AvgIpc) is 3.18. The predicted molar refractivity (Wildman–Crippen MR) is 131 cm³/mol. The van der Waals surface area contributed by atoms with Crippen molar-refractivity contribution < 1.29 is 41.3 Å². The number of carboxylic acid groups (broad SMARTS) is 1. The van der Waals surface area contributed by atoms with Crippen LogP contribution in [-0.4, -0.2) is 54.8 Å². The Morgan fingerprint density at radius 3 is 2.34 bits per heavy atom. The number of halogens is 5. The van der Waals surface area contributed by atoms with Crippen LogP contribution in [0.4, 0.5) is 33.3 Å². The van der Waals surface area contributed by atoms with Gasteiger partial charge in [-0.05, 0) is 31.2 Å². The number of benzene rings is 2. The maximum Gasteiger partial charge on any atom is 0.431 e. The second-order valence-corrected chi connectivity index (χ2v) is 9.25. The molecular formula is C26H28F5N3O4. The molecule has 2 aromatic carbocycles. The first-order valence-electron chi connectivity index (χ1n) is 12.3. The van der Waals surface area contributed by atoms with Crippen molar-refractivity contribution in [2.24, 2.45) is 11.0 Å². The van der Waals surface area contributed by atoms with Crippen molar-refractivity contribution in [2.75, 3.05) is 29.6 Å².